The van der Waals surface area contributed by atoms with Crippen LogP contribution in [0.5, 0.6) is 0 Å². The highest BCUT2D eigenvalue weighted by atomic mass is 32.2. The van der Waals surface area contributed by atoms with Gasteiger partial charge in [0.15, 0.2) is 0 Å². The minimum atomic E-state index is 0.194. The van der Waals surface area contributed by atoms with E-state index >= 15 is 0 Å². The van der Waals surface area contributed by atoms with Crippen molar-refractivity contribution in [3.8, 4) is 0 Å². The lowest BCUT2D eigenvalue weighted by Gasteiger charge is -2.09. The largest absolute Gasteiger partial charge is 0.355 e. The molecule has 1 fully saturated rings. The van der Waals surface area contributed by atoms with Crippen LogP contribution >= 0.6 is 11.8 Å². The molecule has 1 atom stereocenters. The maximum Gasteiger partial charge on any atom is 0.229 e. The van der Waals surface area contributed by atoms with Gasteiger partial charge in [0.1, 0.15) is 0 Å². The van der Waals surface area contributed by atoms with E-state index in [1.54, 1.807) is 11.8 Å². The number of rotatable bonds is 7. The van der Waals surface area contributed by atoms with E-state index in [2.05, 4.69) is 17.6 Å². The van der Waals surface area contributed by atoms with Crippen molar-refractivity contribution in [2.24, 2.45) is 5.92 Å². The quantitative estimate of drug-likeness (QED) is 0.647. The fourth-order valence-corrected chi connectivity index (χ4v) is 2.46. The molecular weight excluding hydrogens is 208 g/mol. The van der Waals surface area contributed by atoms with Crippen LogP contribution in [0, 0.1) is 5.92 Å². The third-order valence-corrected chi connectivity index (χ3v) is 3.78. The summed E-state index contributed by atoms with van der Waals surface area (Å²) in [5.74, 6) is 2.67. The Labute approximate surface area is 96.8 Å². The fraction of sp³-hybridized carbons (Fsp3) is 0.909. The fourth-order valence-electron chi connectivity index (χ4n) is 1.74. The number of nitrogens with one attached hydrogen (secondary N) is 2. The molecular formula is C11H22N2OS. The minimum absolute atomic E-state index is 0.194. The molecule has 0 aromatic carbocycles. The van der Waals surface area contributed by atoms with Crippen LogP contribution in [0.25, 0.3) is 0 Å². The normalized spacial score (nSPS) is 20.5. The van der Waals surface area contributed by atoms with Gasteiger partial charge in [0.2, 0.25) is 5.91 Å². The Morgan fingerprint density at radius 1 is 1.60 bits per heavy atom. The molecule has 15 heavy (non-hydrogen) atoms. The predicted octanol–water partition coefficient (Wildman–Crippen LogP) is 1.25. The van der Waals surface area contributed by atoms with Gasteiger partial charge in [-0.1, -0.05) is 6.92 Å². The van der Waals surface area contributed by atoms with Crippen LogP contribution in [0.2, 0.25) is 0 Å². The molecule has 1 amide bonds. The maximum absolute atomic E-state index is 11.3. The van der Waals surface area contributed by atoms with Crippen molar-refractivity contribution in [3.63, 3.8) is 0 Å². The predicted molar refractivity (Wildman–Crippen MR) is 66.2 cm³/mol. The highest BCUT2D eigenvalue weighted by Gasteiger charge is 2.13. The molecule has 0 aromatic rings. The van der Waals surface area contributed by atoms with Crippen molar-refractivity contribution in [2.45, 2.75) is 26.2 Å². The lowest BCUT2D eigenvalue weighted by Crippen LogP contribution is -2.28. The Balaban J connectivity index is 1.91. The number of carbonyl (C=O) groups is 1. The monoisotopic (exact) mass is 230 g/mol. The average molecular weight is 230 g/mol. The van der Waals surface area contributed by atoms with Crippen molar-refractivity contribution in [1.29, 1.82) is 0 Å². The van der Waals surface area contributed by atoms with Gasteiger partial charge in [0, 0.05) is 6.54 Å². The Kier molecular flexibility index (Phi) is 6.85. The standard InChI is InChI=1S/C11H22N2OS/c1-2-7-15-9-11(14)13-6-4-10-3-5-12-8-10/h10,12H,2-9H2,1H3,(H,13,14). The topological polar surface area (TPSA) is 41.1 Å². The molecule has 2 N–H and O–H groups in total. The van der Waals surface area contributed by atoms with Gasteiger partial charge in [0.25, 0.3) is 0 Å². The summed E-state index contributed by atoms with van der Waals surface area (Å²) in [4.78, 5) is 11.3. The highest BCUT2D eigenvalue weighted by molar-refractivity contribution is 7.99. The molecule has 1 aliphatic heterocycles. The van der Waals surface area contributed by atoms with Gasteiger partial charge in [-0.3, -0.25) is 4.79 Å². The summed E-state index contributed by atoms with van der Waals surface area (Å²) in [6.07, 6.45) is 3.53. The first-order valence-electron chi connectivity index (χ1n) is 5.88. The van der Waals surface area contributed by atoms with Crippen molar-refractivity contribution < 1.29 is 4.79 Å². The molecule has 0 radical (unpaired) electrons. The van der Waals surface area contributed by atoms with Crippen molar-refractivity contribution in [3.05, 3.63) is 0 Å². The second-order valence-electron chi connectivity index (χ2n) is 4.05. The van der Waals surface area contributed by atoms with E-state index < -0.39 is 0 Å². The van der Waals surface area contributed by atoms with Crippen LogP contribution in [-0.4, -0.2) is 37.0 Å². The summed E-state index contributed by atoms with van der Waals surface area (Å²) in [7, 11) is 0. The first kappa shape index (κ1) is 12.8. The Morgan fingerprint density at radius 3 is 3.13 bits per heavy atom. The minimum Gasteiger partial charge on any atom is -0.355 e. The summed E-state index contributed by atoms with van der Waals surface area (Å²) in [6, 6.07) is 0. The summed E-state index contributed by atoms with van der Waals surface area (Å²) in [5.41, 5.74) is 0. The lowest BCUT2D eigenvalue weighted by molar-refractivity contribution is -0.118. The van der Waals surface area contributed by atoms with Crippen LogP contribution in [0.15, 0.2) is 0 Å². The second-order valence-corrected chi connectivity index (χ2v) is 5.16. The molecule has 1 aliphatic rings. The third-order valence-electron chi connectivity index (χ3n) is 2.62. The van der Waals surface area contributed by atoms with Crippen LogP contribution < -0.4 is 10.6 Å². The van der Waals surface area contributed by atoms with Gasteiger partial charge in [-0.2, -0.15) is 11.8 Å². The van der Waals surface area contributed by atoms with Gasteiger partial charge >= 0.3 is 0 Å². The molecule has 88 valence electrons. The summed E-state index contributed by atoms with van der Waals surface area (Å²) in [5, 5.41) is 6.32. The molecule has 0 aliphatic carbocycles. The first-order valence-corrected chi connectivity index (χ1v) is 7.03. The average Bonchev–Trinajstić information content (AvgIpc) is 2.71. The Bertz CT molecular complexity index is 181. The molecule has 1 unspecified atom stereocenters. The first-order chi connectivity index (χ1) is 7.33. The SMILES string of the molecule is CCCSCC(=O)NCCC1CCNC1. The van der Waals surface area contributed by atoms with E-state index in [0.29, 0.717) is 5.75 Å². The molecule has 4 heteroatoms. The lowest BCUT2D eigenvalue weighted by atomic mass is 10.1. The third kappa shape index (κ3) is 6.05. The zero-order valence-corrected chi connectivity index (χ0v) is 10.4. The maximum atomic E-state index is 11.3. The number of carbonyl (C=O) groups excluding carboxylic acids is 1. The van der Waals surface area contributed by atoms with Gasteiger partial charge in [-0.05, 0) is 44.0 Å². The highest BCUT2D eigenvalue weighted by Crippen LogP contribution is 2.10. The van der Waals surface area contributed by atoms with Crippen LogP contribution in [0.1, 0.15) is 26.2 Å². The smallest absolute Gasteiger partial charge is 0.229 e. The van der Waals surface area contributed by atoms with Gasteiger partial charge < -0.3 is 10.6 Å². The Hall–Kier alpha value is -0.220. The molecule has 0 bridgehead atoms. The van der Waals surface area contributed by atoms with Gasteiger partial charge in [0.05, 0.1) is 5.75 Å². The summed E-state index contributed by atoms with van der Waals surface area (Å²) < 4.78 is 0. The molecule has 0 aromatic heterocycles. The number of hydrogen-bond donors (Lipinski definition) is 2. The molecule has 0 spiro atoms. The number of amides is 1. The second kappa shape index (κ2) is 7.99. The number of thioether (sulfide) groups is 1. The summed E-state index contributed by atoms with van der Waals surface area (Å²) in [6.45, 7) is 5.25. The van der Waals surface area contributed by atoms with Crippen LogP contribution in [0.3, 0.4) is 0 Å². The molecule has 1 rings (SSSR count). The molecule has 0 saturated carbocycles. The zero-order chi connectivity index (χ0) is 10.9. The van der Waals surface area contributed by atoms with Crippen molar-refractivity contribution in [1.82, 2.24) is 10.6 Å². The van der Waals surface area contributed by atoms with Crippen molar-refractivity contribution in [2.75, 3.05) is 31.1 Å². The van der Waals surface area contributed by atoms with Gasteiger partial charge in [-0.15, -0.1) is 0 Å². The van der Waals surface area contributed by atoms with Crippen LogP contribution in [-0.2, 0) is 4.79 Å². The van der Waals surface area contributed by atoms with E-state index in [0.717, 1.165) is 44.1 Å². The van der Waals surface area contributed by atoms with E-state index in [4.69, 9.17) is 0 Å². The Morgan fingerprint density at radius 2 is 2.47 bits per heavy atom. The van der Waals surface area contributed by atoms with E-state index in [9.17, 15) is 4.79 Å². The van der Waals surface area contributed by atoms with E-state index in [-0.39, 0.29) is 5.91 Å². The van der Waals surface area contributed by atoms with E-state index in [1.165, 1.54) is 6.42 Å². The van der Waals surface area contributed by atoms with Crippen LogP contribution in [0.4, 0.5) is 0 Å². The summed E-state index contributed by atoms with van der Waals surface area (Å²) >= 11 is 1.72. The van der Waals surface area contributed by atoms with E-state index in [1.807, 2.05) is 0 Å². The van der Waals surface area contributed by atoms with Gasteiger partial charge in [-0.25, -0.2) is 0 Å². The molecule has 1 saturated heterocycles. The number of hydrogen-bond acceptors (Lipinski definition) is 3. The molecule has 1 heterocycles. The van der Waals surface area contributed by atoms with Crippen molar-refractivity contribution >= 4 is 17.7 Å². The zero-order valence-electron chi connectivity index (χ0n) is 9.55. The molecule has 3 nitrogen and oxygen atoms in total.